The fourth-order valence-electron chi connectivity index (χ4n) is 5.34. The molecule has 5 aromatic rings. The van der Waals surface area contributed by atoms with Gasteiger partial charge in [-0.2, -0.15) is 5.10 Å². The number of furan rings is 1. The third kappa shape index (κ3) is 6.87. The molecule has 0 saturated heterocycles. The van der Waals surface area contributed by atoms with Crippen LogP contribution in [0.4, 0.5) is 0 Å². The maximum absolute atomic E-state index is 14.0. The highest BCUT2D eigenvalue weighted by Crippen LogP contribution is 2.42. The van der Waals surface area contributed by atoms with Crippen LogP contribution >= 0.6 is 23.4 Å². The SMILES string of the molecule is COc1ccc(C2=NN(C(=O)CSc3nnc(CNC(=O)c4ccco4)n3-c3cccc(Cl)c3)[C@@H](c3cccc(OC)c3OC)C2)cc1. The molecule has 1 N–H and O–H groups in total. The number of halogens is 1. The van der Waals surface area contributed by atoms with Gasteiger partial charge in [-0.3, -0.25) is 14.2 Å². The number of carbonyl (C=O) groups excluding carboxylic acids is 2. The molecule has 1 atom stereocenters. The van der Waals surface area contributed by atoms with Crippen LogP contribution in [0.5, 0.6) is 17.2 Å². The Bertz CT molecular complexity index is 1950. The number of rotatable bonds is 12. The lowest BCUT2D eigenvalue weighted by Gasteiger charge is -2.24. The molecule has 14 heteroatoms. The molecule has 2 amide bonds. The van der Waals surface area contributed by atoms with Crippen LogP contribution in [0, 0.1) is 0 Å². The summed E-state index contributed by atoms with van der Waals surface area (Å²) in [4.78, 5) is 26.6. The first kappa shape index (κ1) is 32.7. The first-order valence-corrected chi connectivity index (χ1v) is 16.2. The molecule has 0 fully saturated rings. The van der Waals surface area contributed by atoms with Gasteiger partial charge in [-0.05, 0) is 66.2 Å². The zero-order valence-corrected chi connectivity index (χ0v) is 27.8. The molecular weight excluding hydrogens is 656 g/mol. The minimum Gasteiger partial charge on any atom is -0.497 e. The Hall–Kier alpha value is -5.27. The largest absolute Gasteiger partial charge is 0.497 e. The average Bonchev–Trinajstić information content (AvgIpc) is 3.90. The summed E-state index contributed by atoms with van der Waals surface area (Å²) in [5.41, 5.74) is 3.04. The van der Waals surface area contributed by atoms with Gasteiger partial charge in [-0.25, -0.2) is 5.01 Å². The van der Waals surface area contributed by atoms with Crippen LogP contribution in [0.2, 0.25) is 5.02 Å². The highest BCUT2D eigenvalue weighted by Gasteiger charge is 2.36. The van der Waals surface area contributed by atoms with E-state index in [4.69, 9.17) is 35.3 Å². The summed E-state index contributed by atoms with van der Waals surface area (Å²) < 4.78 is 23.6. The molecule has 48 heavy (non-hydrogen) atoms. The molecular formula is C34H31ClN6O6S. The predicted molar refractivity (Wildman–Crippen MR) is 180 cm³/mol. The number of benzene rings is 3. The molecule has 0 radical (unpaired) electrons. The van der Waals surface area contributed by atoms with Gasteiger partial charge >= 0.3 is 0 Å². The molecule has 12 nitrogen and oxygen atoms in total. The number of carbonyl (C=O) groups is 2. The molecule has 1 aliphatic rings. The average molecular weight is 687 g/mol. The zero-order valence-electron chi connectivity index (χ0n) is 26.3. The molecule has 6 rings (SSSR count). The first-order chi connectivity index (χ1) is 23.4. The monoisotopic (exact) mass is 686 g/mol. The van der Waals surface area contributed by atoms with Gasteiger partial charge in [-0.1, -0.05) is 41.6 Å². The summed E-state index contributed by atoms with van der Waals surface area (Å²) >= 11 is 7.53. The second-order valence-corrected chi connectivity index (χ2v) is 11.9. The van der Waals surface area contributed by atoms with Crippen molar-refractivity contribution in [3.63, 3.8) is 0 Å². The number of hydrogen-bond donors (Lipinski definition) is 1. The number of hydrazone groups is 1. The van der Waals surface area contributed by atoms with Gasteiger partial charge in [-0.15, -0.1) is 10.2 Å². The Morgan fingerprint density at radius 2 is 1.79 bits per heavy atom. The number of hydrogen-bond acceptors (Lipinski definition) is 10. The number of amides is 2. The van der Waals surface area contributed by atoms with E-state index in [0.29, 0.717) is 39.6 Å². The van der Waals surface area contributed by atoms with E-state index in [1.165, 1.54) is 23.0 Å². The van der Waals surface area contributed by atoms with Crippen molar-refractivity contribution >= 4 is 40.9 Å². The fourth-order valence-corrected chi connectivity index (χ4v) is 6.35. The van der Waals surface area contributed by atoms with Crippen LogP contribution in [0.15, 0.2) is 99.8 Å². The molecule has 246 valence electrons. The van der Waals surface area contributed by atoms with E-state index in [-0.39, 0.29) is 24.0 Å². The lowest BCUT2D eigenvalue weighted by Crippen LogP contribution is -2.29. The molecule has 0 unspecified atom stereocenters. The number of ether oxygens (including phenoxy) is 3. The summed E-state index contributed by atoms with van der Waals surface area (Å²) in [6.45, 7) is 0.0485. The van der Waals surface area contributed by atoms with Crippen LogP contribution in [-0.2, 0) is 11.3 Å². The molecule has 1 aliphatic heterocycles. The van der Waals surface area contributed by atoms with Crippen molar-refractivity contribution in [2.45, 2.75) is 24.2 Å². The van der Waals surface area contributed by atoms with Gasteiger partial charge in [0.1, 0.15) is 5.75 Å². The molecule has 3 aromatic carbocycles. The van der Waals surface area contributed by atoms with Crippen molar-refractivity contribution in [2.75, 3.05) is 27.1 Å². The van der Waals surface area contributed by atoms with Crippen LogP contribution in [-0.4, -0.2) is 64.4 Å². The van der Waals surface area contributed by atoms with Crippen LogP contribution in [0.25, 0.3) is 5.69 Å². The zero-order chi connectivity index (χ0) is 33.6. The number of thioether (sulfide) groups is 1. The summed E-state index contributed by atoms with van der Waals surface area (Å²) in [5, 5.41) is 18.8. The molecule has 0 saturated carbocycles. The second kappa shape index (κ2) is 14.7. The van der Waals surface area contributed by atoms with E-state index in [1.807, 2.05) is 48.5 Å². The molecule has 0 aliphatic carbocycles. The van der Waals surface area contributed by atoms with Crippen LogP contribution in [0.3, 0.4) is 0 Å². The Balaban J connectivity index is 1.29. The van der Waals surface area contributed by atoms with E-state index in [1.54, 1.807) is 56.2 Å². The lowest BCUT2D eigenvalue weighted by atomic mass is 9.97. The summed E-state index contributed by atoms with van der Waals surface area (Å²) in [5.74, 6) is 1.74. The predicted octanol–water partition coefficient (Wildman–Crippen LogP) is 5.94. The van der Waals surface area contributed by atoms with E-state index >= 15 is 0 Å². The summed E-state index contributed by atoms with van der Waals surface area (Å²) in [6.07, 6.45) is 1.87. The summed E-state index contributed by atoms with van der Waals surface area (Å²) in [7, 11) is 4.75. The smallest absolute Gasteiger partial charge is 0.287 e. The van der Waals surface area contributed by atoms with Crippen molar-refractivity contribution in [3.8, 4) is 22.9 Å². The minimum atomic E-state index is -0.460. The molecule has 3 heterocycles. The number of para-hydroxylation sites is 1. The Morgan fingerprint density at radius 1 is 0.979 bits per heavy atom. The van der Waals surface area contributed by atoms with E-state index in [0.717, 1.165) is 22.6 Å². The standard InChI is InChI=1S/C34H31ClN6O6S/c1-44-24-14-12-21(13-15-24)26-18-27(25-9-5-10-28(45-2)32(25)46-3)41(39-26)31(42)20-48-34-38-37-30(19-36-33(43)29-11-6-16-47-29)40(34)23-8-4-7-22(35)17-23/h4-17,27H,18-20H2,1-3H3,(H,36,43)/t27-/m1/s1. The van der Waals surface area contributed by atoms with Crippen molar-refractivity contribution < 1.29 is 28.2 Å². The van der Waals surface area contributed by atoms with Gasteiger partial charge in [0.15, 0.2) is 28.2 Å². The van der Waals surface area contributed by atoms with Gasteiger partial charge in [0, 0.05) is 17.0 Å². The first-order valence-electron chi connectivity index (χ1n) is 14.8. The van der Waals surface area contributed by atoms with E-state index in [9.17, 15) is 9.59 Å². The third-order valence-electron chi connectivity index (χ3n) is 7.63. The highest BCUT2D eigenvalue weighted by atomic mass is 35.5. The van der Waals surface area contributed by atoms with Gasteiger partial charge in [0.2, 0.25) is 0 Å². The summed E-state index contributed by atoms with van der Waals surface area (Å²) in [6, 6.07) is 23.0. The van der Waals surface area contributed by atoms with Crippen molar-refractivity contribution in [1.82, 2.24) is 25.1 Å². The van der Waals surface area contributed by atoms with Crippen LogP contribution < -0.4 is 19.5 Å². The fraction of sp³-hybridized carbons (Fsp3) is 0.206. The lowest BCUT2D eigenvalue weighted by molar-refractivity contribution is -0.130. The number of nitrogens with one attached hydrogen (secondary N) is 1. The van der Waals surface area contributed by atoms with Gasteiger partial charge in [0.25, 0.3) is 11.8 Å². The van der Waals surface area contributed by atoms with Crippen molar-refractivity contribution in [1.29, 1.82) is 0 Å². The van der Waals surface area contributed by atoms with Gasteiger partial charge in [0.05, 0.1) is 57.3 Å². The minimum absolute atomic E-state index is 0.0143. The third-order valence-corrected chi connectivity index (χ3v) is 8.77. The van der Waals surface area contributed by atoms with E-state index in [2.05, 4.69) is 15.5 Å². The number of aromatic nitrogens is 3. The quantitative estimate of drug-likeness (QED) is 0.158. The Labute approximate surface area is 285 Å². The van der Waals surface area contributed by atoms with Crippen molar-refractivity contribution in [2.24, 2.45) is 5.10 Å². The maximum atomic E-state index is 14.0. The van der Waals surface area contributed by atoms with Crippen molar-refractivity contribution in [3.05, 3.63) is 113 Å². The Morgan fingerprint density at radius 3 is 2.50 bits per heavy atom. The molecule has 0 bridgehead atoms. The van der Waals surface area contributed by atoms with Gasteiger partial charge < -0.3 is 23.9 Å². The van der Waals surface area contributed by atoms with E-state index < -0.39 is 11.9 Å². The normalized spacial score (nSPS) is 14.0. The van der Waals surface area contributed by atoms with Crippen LogP contribution in [0.1, 0.15) is 40.0 Å². The maximum Gasteiger partial charge on any atom is 0.287 e. The Kier molecular flexibility index (Phi) is 9.97. The number of nitrogens with zero attached hydrogens (tertiary/aromatic N) is 5. The highest BCUT2D eigenvalue weighted by molar-refractivity contribution is 7.99. The second-order valence-electron chi connectivity index (χ2n) is 10.5. The number of methoxy groups -OCH3 is 3. The topological polar surface area (TPSA) is 133 Å². The molecule has 2 aromatic heterocycles. The molecule has 0 spiro atoms.